The van der Waals surface area contributed by atoms with E-state index in [4.69, 9.17) is 10.5 Å². The number of pyridine rings is 1. The van der Waals surface area contributed by atoms with Crippen LogP contribution in [0.3, 0.4) is 0 Å². The van der Waals surface area contributed by atoms with Crippen LogP contribution >= 0.6 is 15.9 Å². The minimum absolute atomic E-state index is 0.0854. The van der Waals surface area contributed by atoms with Gasteiger partial charge in [-0.25, -0.2) is 4.98 Å². The number of rotatable bonds is 4. The van der Waals surface area contributed by atoms with Crippen LogP contribution in [-0.2, 0) is 6.61 Å². The van der Waals surface area contributed by atoms with E-state index in [1.165, 1.54) is 6.07 Å². The summed E-state index contributed by atoms with van der Waals surface area (Å²) in [6.45, 7) is 0.190. The van der Waals surface area contributed by atoms with Gasteiger partial charge >= 0.3 is 5.69 Å². The summed E-state index contributed by atoms with van der Waals surface area (Å²) in [5, 5.41) is 10.9. The second kappa shape index (κ2) is 5.66. The lowest BCUT2D eigenvalue weighted by Gasteiger charge is -2.07. The number of hydrogen-bond donors (Lipinski definition) is 1. The van der Waals surface area contributed by atoms with Gasteiger partial charge in [-0.1, -0.05) is 22.0 Å². The van der Waals surface area contributed by atoms with Crippen molar-refractivity contribution in [1.82, 2.24) is 4.98 Å². The van der Waals surface area contributed by atoms with Crippen LogP contribution < -0.4 is 10.5 Å². The molecule has 0 amide bonds. The molecule has 0 spiro atoms. The Balaban J connectivity index is 2.15. The van der Waals surface area contributed by atoms with Gasteiger partial charge in [-0.15, -0.1) is 0 Å². The number of nitro benzene ring substituents is 1. The van der Waals surface area contributed by atoms with Crippen molar-refractivity contribution in [2.75, 3.05) is 5.73 Å². The highest BCUT2D eigenvalue weighted by molar-refractivity contribution is 9.10. The average molecular weight is 324 g/mol. The topological polar surface area (TPSA) is 91.3 Å². The second-order valence-corrected chi connectivity index (χ2v) is 4.66. The van der Waals surface area contributed by atoms with Gasteiger partial charge < -0.3 is 10.5 Å². The number of halogens is 1. The Hall–Kier alpha value is -2.15. The number of aromatic nitrogens is 1. The molecule has 0 atom stereocenters. The zero-order chi connectivity index (χ0) is 13.8. The Kier molecular flexibility index (Phi) is 3.96. The summed E-state index contributed by atoms with van der Waals surface area (Å²) in [4.78, 5) is 14.3. The van der Waals surface area contributed by atoms with Gasteiger partial charge in [-0.3, -0.25) is 10.1 Å². The number of hydrogen-bond acceptors (Lipinski definition) is 5. The van der Waals surface area contributed by atoms with Gasteiger partial charge in [-0.2, -0.15) is 0 Å². The normalized spacial score (nSPS) is 10.2. The molecule has 2 rings (SSSR count). The molecule has 1 aromatic heterocycles. The Morgan fingerprint density at radius 2 is 2.16 bits per heavy atom. The summed E-state index contributed by atoms with van der Waals surface area (Å²) < 4.78 is 6.06. The van der Waals surface area contributed by atoms with Crippen molar-refractivity contribution in [3.63, 3.8) is 0 Å². The molecule has 98 valence electrons. The third kappa shape index (κ3) is 3.41. The van der Waals surface area contributed by atoms with Crippen molar-refractivity contribution in [2.45, 2.75) is 6.61 Å². The minimum Gasteiger partial charge on any atom is -0.482 e. The smallest absolute Gasteiger partial charge is 0.312 e. The number of benzene rings is 1. The molecule has 0 unspecified atom stereocenters. The van der Waals surface area contributed by atoms with Gasteiger partial charge in [0.2, 0.25) is 0 Å². The third-order valence-electron chi connectivity index (χ3n) is 2.36. The first-order valence-corrected chi connectivity index (χ1v) is 6.12. The van der Waals surface area contributed by atoms with Crippen molar-refractivity contribution in [2.24, 2.45) is 0 Å². The molecular weight excluding hydrogens is 314 g/mol. The summed E-state index contributed by atoms with van der Waals surface area (Å²) in [5.74, 6) is 0.628. The zero-order valence-electron chi connectivity index (χ0n) is 9.75. The predicted molar refractivity (Wildman–Crippen MR) is 73.8 cm³/mol. The van der Waals surface area contributed by atoms with Gasteiger partial charge in [0.15, 0.2) is 5.75 Å². The van der Waals surface area contributed by atoms with E-state index in [9.17, 15) is 10.1 Å². The van der Waals surface area contributed by atoms with Crippen LogP contribution in [0.1, 0.15) is 5.56 Å². The first kappa shape index (κ1) is 13.3. The number of nitrogens with zero attached hydrogens (tertiary/aromatic N) is 2. The number of nitrogens with two attached hydrogens (primary N) is 1. The van der Waals surface area contributed by atoms with Crippen LogP contribution in [0.4, 0.5) is 11.5 Å². The molecule has 1 aromatic carbocycles. The highest BCUT2D eigenvalue weighted by Gasteiger charge is 2.15. The van der Waals surface area contributed by atoms with Gasteiger partial charge in [-0.05, 0) is 18.2 Å². The zero-order valence-corrected chi connectivity index (χ0v) is 11.3. The first-order valence-electron chi connectivity index (χ1n) is 5.33. The van der Waals surface area contributed by atoms with Crippen LogP contribution in [0, 0.1) is 10.1 Å². The molecule has 0 aliphatic carbocycles. The van der Waals surface area contributed by atoms with E-state index >= 15 is 0 Å². The molecule has 1 heterocycles. The van der Waals surface area contributed by atoms with E-state index in [0.29, 0.717) is 10.3 Å². The summed E-state index contributed by atoms with van der Waals surface area (Å²) >= 11 is 3.18. The fraction of sp³-hybridized carbons (Fsp3) is 0.0833. The molecule has 2 N–H and O–H groups in total. The monoisotopic (exact) mass is 323 g/mol. The lowest BCUT2D eigenvalue weighted by atomic mass is 10.3. The highest BCUT2D eigenvalue weighted by atomic mass is 79.9. The van der Waals surface area contributed by atoms with E-state index in [2.05, 4.69) is 20.9 Å². The van der Waals surface area contributed by atoms with Crippen molar-refractivity contribution in [3.05, 3.63) is 56.7 Å². The number of ether oxygens (including phenoxy) is 1. The predicted octanol–water partition coefficient (Wildman–Crippen LogP) is 2.91. The average Bonchev–Trinajstić information content (AvgIpc) is 2.39. The fourth-order valence-electron chi connectivity index (χ4n) is 1.44. The first-order chi connectivity index (χ1) is 9.06. The van der Waals surface area contributed by atoms with Crippen LogP contribution in [0.5, 0.6) is 5.75 Å². The maximum Gasteiger partial charge on any atom is 0.312 e. The molecule has 7 heteroatoms. The number of nitro groups is 1. The third-order valence-corrected chi connectivity index (χ3v) is 2.85. The summed E-state index contributed by atoms with van der Waals surface area (Å²) in [6, 6.07) is 8.04. The van der Waals surface area contributed by atoms with E-state index in [-0.39, 0.29) is 18.0 Å². The summed E-state index contributed by atoms with van der Waals surface area (Å²) in [7, 11) is 0. The van der Waals surface area contributed by atoms with Gasteiger partial charge in [0.25, 0.3) is 0 Å². The maximum atomic E-state index is 10.9. The van der Waals surface area contributed by atoms with Crippen molar-refractivity contribution in [1.29, 1.82) is 0 Å². The van der Waals surface area contributed by atoms with Crippen molar-refractivity contribution >= 4 is 27.4 Å². The highest BCUT2D eigenvalue weighted by Crippen LogP contribution is 2.30. The van der Waals surface area contributed by atoms with Crippen molar-refractivity contribution < 1.29 is 9.66 Å². The minimum atomic E-state index is -0.485. The molecule has 0 saturated heterocycles. The molecule has 0 aliphatic rings. The lowest BCUT2D eigenvalue weighted by molar-refractivity contribution is -0.386. The van der Waals surface area contributed by atoms with Gasteiger partial charge in [0.1, 0.15) is 12.4 Å². The molecular formula is C12H10BrN3O3. The standard InChI is InChI=1S/C12H10BrN3O3/c13-9-2-3-11(10(5-9)16(17)18)19-7-8-1-4-12(14)15-6-8/h1-6H,7H2,(H2,14,15). The lowest BCUT2D eigenvalue weighted by Crippen LogP contribution is -2.00. The molecule has 0 bridgehead atoms. The SMILES string of the molecule is Nc1ccc(COc2ccc(Br)cc2[N+](=O)[O-])cn1. The Morgan fingerprint density at radius 1 is 1.37 bits per heavy atom. The number of anilines is 1. The second-order valence-electron chi connectivity index (χ2n) is 3.75. The Labute approximate surface area is 117 Å². The molecule has 0 fully saturated rings. The van der Waals surface area contributed by atoms with E-state index in [1.54, 1.807) is 30.5 Å². The number of nitrogen functional groups attached to an aromatic ring is 1. The van der Waals surface area contributed by atoms with E-state index in [1.807, 2.05) is 0 Å². The largest absolute Gasteiger partial charge is 0.482 e. The molecule has 0 aliphatic heterocycles. The van der Waals surface area contributed by atoms with Crippen molar-refractivity contribution in [3.8, 4) is 5.75 Å². The summed E-state index contributed by atoms with van der Waals surface area (Å²) in [5.41, 5.74) is 6.17. The summed E-state index contributed by atoms with van der Waals surface area (Å²) in [6.07, 6.45) is 1.57. The molecule has 6 nitrogen and oxygen atoms in total. The van der Waals surface area contributed by atoms with Crippen LogP contribution in [0.2, 0.25) is 0 Å². The quantitative estimate of drug-likeness (QED) is 0.690. The molecule has 19 heavy (non-hydrogen) atoms. The Morgan fingerprint density at radius 3 is 2.79 bits per heavy atom. The van der Waals surface area contributed by atoms with Crippen LogP contribution in [0.25, 0.3) is 0 Å². The molecule has 2 aromatic rings. The van der Waals surface area contributed by atoms with Gasteiger partial charge in [0, 0.05) is 22.3 Å². The van der Waals surface area contributed by atoms with Crippen LogP contribution in [-0.4, -0.2) is 9.91 Å². The van der Waals surface area contributed by atoms with E-state index < -0.39 is 4.92 Å². The van der Waals surface area contributed by atoms with E-state index in [0.717, 1.165) is 5.56 Å². The fourth-order valence-corrected chi connectivity index (χ4v) is 1.79. The molecule has 0 radical (unpaired) electrons. The van der Waals surface area contributed by atoms with Gasteiger partial charge in [0.05, 0.1) is 4.92 Å². The van der Waals surface area contributed by atoms with Crippen LogP contribution in [0.15, 0.2) is 41.0 Å². The Bertz CT molecular complexity index is 602. The molecule has 0 saturated carbocycles. The maximum absolute atomic E-state index is 10.9.